The van der Waals surface area contributed by atoms with E-state index in [-0.39, 0.29) is 11.0 Å². The summed E-state index contributed by atoms with van der Waals surface area (Å²) >= 11 is 0. The predicted molar refractivity (Wildman–Crippen MR) is 104 cm³/mol. The maximum absolute atomic E-state index is 13.3. The normalized spacial score (nSPS) is 26.5. The number of nitrogens with zero attached hydrogens (tertiary/aromatic N) is 5. The van der Waals surface area contributed by atoms with Crippen LogP contribution in [0.2, 0.25) is 0 Å². The molecule has 1 unspecified atom stereocenters. The predicted octanol–water partition coefficient (Wildman–Crippen LogP) is 1.34. The van der Waals surface area contributed by atoms with Gasteiger partial charge >= 0.3 is 0 Å². The largest absolute Gasteiger partial charge is 0.342 e. The summed E-state index contributed by atoms with van der Waals surface area (Å²) in [6.07, 6.45) is 6.87. The monoisotopic (exact) mass is 384 g/mol. The minimum absolute atomic E-state index is 0.144. The second-order valence-corrected chi connectivity index (χ2v) is 8.92. The zero-order valence-corrected chi connectivity index (χ0v) is 16.5. The maximum atomic E-state index is 13.3. The number of H-pyrrole nitrogens is 1. The van der Waals surface area contributed by atoms with Crippen LogP contribution in [0.3, 0.4) is 0 Å². The van der Waals surface area contributed by atoms with Crippen molar-refractivity contribution in [3.05, 3.63) is 27.9 Å². The number of fused-ring (bicyclic) bond motifs is 1. The number of carbonyl (C=O) groups excluding carboxylic acids is 1. The van der Waals surface area contributed by atoms with E-state index in [0.717, 1.165) is 57.1 Å². The van der Waals surface area contributed by atoms with Crippen molar-refractivity contribution in [1.29, 1.82) is 0 Å². The Hall–Kier alpha value is -2.22. The average molecular weight is 384 g/mol. The lowest BCUT2D eigenvalue weighted by atomic mass is 9.77. The van der Waals surface area contributed by atoms with E-state index in [1.54, 1.807) is 6.07 Å². The summed E-state index contributed by atoms with van der Waals surface area (Å²) in [5.74, 6) is 2.16. The molecule has 0 bridgehead atoms. The number of aryl methyl sites for hydroxylation is 1. The SMILES string of the molecule is Cc1nc2nc(CN3CCC4(CCCN(CC5CCC5)C4=O)C3)cc(=O)n2[nH]1. The molecule has 1 spiro atoms. The van der Waals surface area contributed by atoms with Crippen molar-refractivity contribution < 1.29 is 4.79 Å². The van der Waals surface area contributed by atoms with Gasteiger partial charge in [0.05, 0.1) is 11.1 Å². The molecule has 4 heterocycles. The Kier molecular flexibility index (Phi) is 4.26. The molecule has 0 radical (unpaired) electrons. The standard InChI is InChI=1S/C20H28N6O2/c1-14-21-19-22-16(10-17(27)26(19)23-14)12-24-9-7-20(13-24)6-3-8-25(18(20)28)11-15-4-2-5-15/h10,15H,2-9,11-13H2,1H3,(H,21,22,23). The summed E-state index contributed by atoms with van der Waals surface area (Å²) in [5, 5.41) is 2.90. The molecule has 28 heavy (non-hydrogen) atoms. The molecule has 150 valence electrons. The van der Waals surface area contributed by atoms with Crippen LogP contribution in [0.25, 0.3) is 5.78 Å². The van der Waals surface area contributed by atoms with Crippen LogP contribution in [-0.2, 0) is 11.3 Å². The minimum Gasteiger partial charge on any atom is -0.342 e. The van der Waals surface area contributed by atoms with Gasteiger partial charge in [0.1, 0.15) is 5.82 Å². The quantitative estimate of drug-likeness (QED) is 0.860. The molecular weight excluding hydrogens is 356 g/mol. The summed E-state index contributed by atoms with van der Waals surface area (Å²) in [4.78, 5) is 38.8. The van der Waals surface area contributed by atoms with E-state index in [4.69, 9.17) is 0 Å². The third kappa shape index (κ3) is 3.03. The van der Waals surface area contributed by atoms with Crippen LogP contribution in [0.5, 0.6) is 0 Å². The van der Waals surface area contributed by atoms with Crippen LogP contribution in [0.4, 0.5) is 0 Å². The Morgan fingerprint density at radius 1 is 1.18 bits per heavy atom. The van der Waals surface area contributed by atoms with Crippen molar-refractivity contribution in [3.63, 3.8) is 0 Å². The fourth-order valence-corrected chi connectivity index (χ4v) is 5.13. The zero-order chi connectivity index (χ0) is 19.3. The molecule has 5 rings (SSSR count). The van der Waals surface area contributed by atoms with E-state index in [1.165, 1.54) is 23.8 Å². The molecule has 2 saturated heterocycles. The highest BCUT2D eigenvalue weighted by Gasteiger charge is 2.48. The number of nitrogens with one attached hydrogen (secondary N) is 1. The Morgan fingerprint density at radius 2 is 2.04 bits per heavy atom. The second kappa shape index (κ2) is 6.69. The number of hydrogen-bond donors (Lipinski definition) is 1. The van der Waals surface area contributed by atoms with Gasteiger partial charge in [-0.3, -0.25) is 19.6 Å². The minimum atomic E-state index is -0.232. The second-order valence-electron chi connectivity index (χ2n) is 8.92. The fraction of sp³-hybridized carbons (Fsp3) is 0.700. The summed E-state index contributed by atoms with van der Waals surface area (Å²) in [7, 11) is 0. The maximum Gasteiger partial charge on any atom is 0.274 e. The van der Waals surface area contributed by atoms with E-state index >= 15 is 0 Å². The van der Waals surface area contributed by atoms with Gasteiger partial charge in [-0.25, -0.2) is 4.98 Å². The first kappa shape index (κ1) is 17.8. The van der Waals surface area contributed by atoms with Crippen LogP contribution in [0.15, 0.2) is 10.9 Å². The van der Waals surface area contributed by atoms with Gasteiger partial charge in [0.15, 0.2) is 0 Å². The molecule has 1 atom stereocenters. The molecule has 1 N–H and O–H groups in total. The van der Waals surface area contributed by atoms with E-state index in [0.29, 0.717) is 24.1 Å². The molecule has 0 aromatic carbocycles. The van der Waals surface area contributed by atoms with Gasteiger partial charge in [-0.05, 0) is 51.5 Å². The van der Waals surface area contributed by atoms with Crippen molar-refractivity contribution >= 4 is 11.7 Å². The lowest BCUT2D eigenvalue weighted by molar-refractivity contribution is -0.146. The third-order valence-electron chi connectivity index (χ3n) is 6.84. The summed E-state index contributed by atoms with van der Waals surface area (Å²) in [6, 6.07) is 1.57. The van der Waals surface area contributed by atoms with Gasteiger partial charge in [0.2, 0.25) is 5.91 Å². The van der Waals surface area contributed by atoms with Gasteiger partial charge in [0.25, 0.3) is 11.3 Å². The summed E-state index contributed by atoms with van der Waals surface area (Å²) in [6.45, 7) is 5.92. The molecule has 1 amide bonds. The number of aromatic amines is 1. The lowest BCUT2D eigenvalue weighted by Gasteiger charge is -2.42. The van der Waals surface area contributed by atoms with Gasteiger partial charge in [0, 0.05) is 32.2 Å². The molecule has 8 nitrogen and oxygen atoms in total. The van der Waals surface area contributed by atoms with Gasteiger partial charge in [-0.15, -0.1) is 0 Å². The Balaban J connectivity index is 1.30. The van der Waals surface area contributed by atoms with Crippen LogP contribution < -0.4 is 5.56 Å². The zero-order valence-electron chi connectivity index (χ0n) is 16.5. The number of piperidine rings is 1. The van der Waals surface area contributed by atoms with E-state index in [2.05, 4.69) is 24.9 Å². The molecule has 2 aliphatic heterocycles. The molecule has 1 saturated carbocycles. The topological polar surface area (TPSA) is 86.6 Å². The third-order valence-corrected chi connectivity index (χ3v) is 6.84. The number of aromatic nitrogens is 4. The van der Waals surface area contributed by atoms with Crippen LogP contribution in [-0.4, -0.2) is 61.5 Å². The Labute approximate surface area is 163 Å². The molecular formula is C20H28N6O2. The van der Waals surface area contributed by atoms with E-state index < -0.39 is 0 Å². The van der Waals surface area contributed by atoms with Crippen molar-refractivity contribution in [2.45, 2.75) is 52.0 Å². The Morgan fingerprint density at radius 3 is 2.82 bits per heavy atom. The van der Waals surface area contributed by atoms with Gasteiger partial charge in [-0.1, -0.05) is 6.42 Å². The summed E-state index contributed by atoms with van der Waals surface area (Å²) in [5.41, 5.74) is 0.349. The molecule has 2 aromatic rings. The van der Waals surface area contributed by atoms with Crippen LogP contribution in [0, 0.1) is 18.3 Å². The number of hydrogen-bond acceptors (Lipinski definition) is 5. The highest BCUT2D eigenvalue weighted by Crippen LogP contribution is 2.41. The van der Waals surface area contributed by atoms with Gasteiger partial charge < -0.3 is 4.90 Å². The number of amides is 1. The molecule has 8 heteroatoms. The summed E-state index contributed by atoms with van der Waals surface area (Å²) < 4.78 is 1.37. The smallest absolute Gasteiger partial charge is 0.274 e. The van der Waals surface area contributed by atoms with Crippen molar-refractivity contribution in [2.24, 2.45) is 11.3 Å². The molecule has 3 aliphatic rings. The Bertz CT molecular complexity index is 961. The lowest BCUT2D eigenvalue weighted by Crippen LogP contribution is -2.51. The highest BCUT2D eigenvalue weighted by atomic mass is 16.2. The highest BCUT2D eigenvalue weighted by molar-refractivity contribution is 5.84. The molecule has 1 aliphatic carbocycles. The average Bonchev–Trinajstić information content (AvgIpc) is 3.19. The van der Waals surface area contributed by atoms with Crippen molar-refractivity contribution in [1.82, 2.24) is 29.4 Å². The first-order valence-corrected chi connectivity index (χ1v) is 10.5. The number of rotatable bonds is 4. The molecule has 2 aromatic heterocycles. The molecule has 3 fully saturated rings. The fourth-order valence-electron chi connectivity index (χ4n) is 5.13. The first-order valence-electron chi connectivity index (χ1n) is 10.5. The number of likely N-dealkylation sites (tertiary alicyclic amines) is 2. The number of carbonyl (C=O) groups is 1. The van der Waals surface area contributed by atoms with Gasteiger partial charge in [-0.2, -0.15) is 9.50 Å². The van der Waals surface area contributed by atoms with Crippen LogP contribution in [0.1, 0.15) is 50.0 Å². The van der Waals surface area contributed by atoms with Crippen molar-refractivity contribution in [2.75, 3.05) is 26.2 Å². The van der Waals surface area contributed by atoms with E-state index in [1.807, 2.05) is 6.92 Å². The first-order chi connectivity index (χ1) is 13.5. The van der Waals surface area contributed by atoms with Crippen LogP contribution >= 0.6 is 0 Å². The van der Waals surface area contributed by atoms with Crippen molar-refractivity contribution in [3.8, 4) is 0 Å². The van der Waals surface area contributed by atoms with E-state index in [9.17, 15) is 9.59 Å².